The van der Waals surface area contributed by atoms with Crippen LogP contribution in [-0.2, 0) is 19.4 Å². The monoisotopic (exact) mass is 287 g/mol. The van der Waals surface area contributed by atoms with Crippen LogP contribution >= 0.6 is 0 Å². The minimum absolute atomic E-state index is 0.351. The Kier molecular flexibility index (Phi) is 3.15. The standard InChI is InChI=1S/C20H17NO/c22-18-11-10-16-7-6-15-8-9-17(20(18)19(15)16)13-21-12-14-4-2-1-3-5-14/h1-5,8-11,13,22H,6-7,12H2. The average Bonchev–Trinajstić information content (AvgIpc) is 2.97. The van der Waals surface area contributed by atoms with Crippen LogP contribution in [0.5, 0.6) is 5.75 Å². The summed E-state index contributed by atoms with van der Waals surface area (Å²) in [4.78, 5) is 4.55. The van der Waals surface area contributed by atoms with E-state index in [1.165, 1.54) is 22.1 Å². The number of rotatable bonds is 3. The average molecular weight is 287 g/mol. The van der Waals surface area contributed by atoms with E-state index in [1.807, 2.05) is 30.5 Å². The summed E-state index contributed by atoms with van der Waals surface area (Å²) in [6, 6.07) is 18.3. The molecule has 22 heavy (non-hydrogen) atoms. The van der Waals surface area contributed by atoms with E-state index in [0.717, 1.165) is 23.8 Å². The second-order valence-electron chi connectivity index (χ2n) is 5.76. The van der Waals surface area contributed by atoms with Gasteiger partial charge in [0.1, 0.15) is 5.75 Å². The van der Waals surface area contributed by atoms with E-state index >= 15 is 0 Å². The van der Waals surface area contributed by atoms with Gasteiger partial charge in [0.2, 0.25) is 0 Å². The topological polar surface area (TPSA) is 32.6 Å². The van der Waals surface area contributed by atoms with Crippen molar-refractivity contribution in [2.75, 3.05) is 0 Å². The lowest BCUT2D eigenvalue weighted by molar-refractivity contribution is 0.481. The molecule has 0 fully saturated rings. The maximum atomic E-state index is 10.3. The van der Waals surface area contributed by atoms with E-state index in [2.05, 4.69) is 29.3 Å². The largest absolute Gasteiger partial charge is 0.507 e. The number of phenolic OH excluding ortho intramolecular Hbond substituents is 1. The lowest BCUT2D eigenvalue weighted by Gasteiger charge is -2.07. The molecule has 0 spiro atoms. The first-order valence-corrected chi connectivity index (χ1v) is 7.63. The zero-order valence-corrected chi connectivity index (χ0v) is 12.3. The van der Waals surface area contributed by atoms with Gasteiger partial charge in [-0.3, -0.25) is 4.99 Å². The van der Waals surface area contributed by atoms with E-state index < -0.39 is 0 Å². The first kappa shape index (κ1) is 13.1. The van der Waals surface area contributed by atoms with Gasteiger partial charge in [-0.25, -0.2) is 0 Å². The van der Waals surface area contributed by atoms with Gasteiger partial charge in [0, 0.05) is 17.2 Å². The summed E-state index contributed by atoms with van der Waals surface area (Å²) in [5.74, 6) is 0.351. The number of benzene rings is 3. The fourth-order valence-corrected chi connectivity index (χ4v) is 3.28. The van der Waals surface area contributed by atoms with Crippen LogP contribution in [0.15, 0.2) is 59.6 Å². The van der Waals surface area contributed by atoms with Gasteiger partial charge < -0.3 is 5.11 Å². The number of hydrogen-bond donors (Lipinski definition) is 1. The van der Waals surface area contributed by atoms with Crippen LogP contribution in [0.4, 0.5) is 0 Å². The van der Waals surface area contributed by atoms with E-state index in [0.29, 0.717) is 12.3 Å². The molecule has 0 aliphatic heterocycles. The number of nitrogens with zero attached hydrogens (tertiary/aromatic N) is 1. The molecule has 0 aromatic heterocycles. The molecule has 1 aliphatic rings. The molecule has 0 atom stereocenters. The Bertz CT molecular complexity index is 856. The number of aliphatic imine (C=N–C) groups is 1. The van der Waals surface area contributed by atoms with Crippen molar-refractivity contribution in [2.24, 2.45) is 4.99 Å². The molecular formula is C20H17NO. The molecule has 3 aromatic carbocycles. The molecule has 0 saturated carbocycles. The van der Waals surface area contributed by atoms with Gasteiger partial charge in [-0.1, -0.05) is 48.5 Å². The van der Waals surface area contributed by atoms with Crippen LogP contribution in [0.2, 0.25) is 0 Å². The molecule has 1 N–H and O–H groups in total. The molecule has 0 bridgehead atoms. The Morgan fingerprint density at radius 3 is 2.36 bits per heavy atom. The van der Waals surface area contributed by atoms with Crippen molar-refractivity contribution in [3.8, 4) is 5.75 Å². The fourth-order valence-electron chi connectivity index (χ4n) is 3.28. The molecule has 3 aromatic rings. The summed E-state index contributed by atoms with van der Waals surface area (Å²) >= 11 is 0. The van der Waals surface area contributed by atoms with E-state index in [9.17, 15) is 5.11 Å². The summed E-state index contributed by atoms with van der Waals surface area (Å²) in [7, 11) is 0. The summed E-state index contributed by atoms with van der Waals surface area (Å²) in [6.07, 6.45) is 4.02. The zero-order valence-electron chi connectivity index (χ0n) is 12.3. The van der Waals surface area contributed by atoms with E-state index in [4.69, 9.17) is 0 Å². The predicted molar refractivity (Wildman–Crippen MR) is 90.8 cm³/mol. The molecule has 2 heteroatoms. The van der Waals surface area contributed by atoms with Gasteiger partial charge in [0.05, 0.1) is 6.54 Å². The van der Waals surface area contributed by atoms with Crippen molar-refractivity contribution < 1.29 is 5.11 Å². The van der Waals surface area contributed by atoms with Crippen molar-refractivity contribution in [3.05, 3.63) is 76.9 Å². The van der Waals surface area contributed by atoms with Crippen LogP contribution in [0.25, 0.3) is 10.8 Å². The first-order valence-electron chi connectivity index (χ1n) is 7.63. The third-order valence-electron chi connectivity index (χ3n) is 4.35. The zero-order chi connectivity index (χ0) is 14.9. The Morgan fingerprint density at radius 1 is 0.864 bits per heavy atom. The highest BCUT2D eigenvalue weighted by Crippen LogP contribution is 2.37. The smallest absolute Gasteiger partial charge is 0.124 e. The lowest BCUT2D eigenvalue weighted by Crippen LogP contribution is -1.89. The van der Waals surface area contributed by atoms with Gasteiger partial charge >= 0.3 is 0 Å². The maximum absolute atomic E-state index is 10.3. The third kappa shape index (κ3) is 2.17. The number of aromatic hydroxyl groups is 1. The second kappa shape index (κ2) is 5.30. The summed E-state index contributed by atoms with van der Waals surface area (Å²) in [5.41, 5.74) is 4.85. The van der Waals surface area contributed by atoms with Crippen molar-refractivity contribution in [1.29, 1.82) is 0 Å². The normalized spacial score (nSPS) is 13.3. The lowest BCUT2D eigenvalue weighted by atomic mass is 9.99. The number of aryl methyl sites for hydroxylation is 2. The molecule has 0 heterocycles. The van der Waals surface area contributed by atoms with Crippen molar-refractivity contribution >= 4 is 17.0 Å². The van der Waals surface area contributed by atoms with Gasteiger partial charge in [-0.15, -0.1) is 0 Å². The molecule has 108 valence electrons. The second-order valence-corrected chi connectivity index (χ2v) is 5.76. The molecule has 0 unspecified atom stereocenters. The molecule has 0 amide bonds. The molecule has 0 saturated heterocycles. The minimum Gasteiger partial charge on any atom is -0.507 e. The Balaban J connectivity index is 1.74. The molecular weight excluding hydrogens is 270 g/mol. The summed E-state index contributed by atoms with van der Waals surface area (Å²) < 4.78 is 0. The number of hydrogen-bond acceptors (Lipinski definition) is 2. The van der Waals surface area contributed by atoms with Crippen molar-refractivity contribution in [3.63, 3.8) is 0 Å². The van der Waals surface area contributed by atoms with Gasteiger partial charge in [-0.2, -0.15) is 0 Å². The highest BCUT2D eigenvalue weighted by Gasteiger charge is 2.17. The highest BCUT2D eigenvalue weighted by molar-refractivity contribution is 6.06. The van der Waals surface area contributed by atoms with E-state index in [1.54, 1.807) is 6.07 Å². The Morgan fingerprint density at radius 2 is 1.59 bits per heavy atom. The number of phenols is 1. The van der Waals surface area contributed by atoms with Crippen molar-refractivity contribution in [2.45, 2.75) is 19.4 Å². The van der Waals surface area contributed by atoms with Crippen LogP contribution in [0.1, 0.15) is 22.3 Å². The van der Waals surface area contributed by atoms with Crippen molar-refractivity contribution in [1.82, 2.24) is 0 Å². The Labute approximate surface area is 129 Å². The quantitative estimate of drug-likeness (QED) is 0.717. The predicted octanol–water partition coefficient (Wildman–Crippen LogP) is 4.26. The Hall–Kier alpha value is -2.61. The summed E-state index contributed by atoms with van der Waals surface area (Å²) in [5, 5.41) is 12.5. The van der Waals surface area contributed by atoms with E-state index in [-0.39, 0.29) is 0 Å². The van der Waals surface area contributed by atoms with Crippen LogP contribution in [-0.4, -0.2) is 11.3 Å². The molecule has 2 nitrogen and oxygen atoms in total. The van der Waals surface area contributed by atoms with Gasteiger partial charge in [-0.05, 0) is 41.0 Å². The minimum atomic E-state index is 0.351. The maximum Gasteiger partial charge on any atom is 0.124 e. The highest BCUT2D eigenvalue weighted by atomic mass is 16.3. The third-order valence-corrected chi connectivity index (χ3v) is 4.35. The summed E-state index contributed by atoms with van der Waals surface area (Å²) in [6.45, 7) is 0.657. The van der Waals surface area contributed by atoms with Crippen LogP contribution < -0.4 is 0 Å². The molecule has 4 rings (SSSR count). The van der Waals surface area contributed by atoms with Crippen LogP contribution in [0, 0.1) is 0 Å². The molecule has 0 radical (unpaired) electrons. The SMILES string of the molecule is Oc1ccc2c3c(ccc(C=NCc4ccccc4)c13)CC2. The van der Waals surface area contributed by atoms with Crippen LogP contribution in [0.3, 0.4) is 0 Å². The molecule has 1 aliphatic carbocycles. The van der Waals surface area contributed by atoms with Gasteiger partial charge in [0.15, 0.2) is 0 Å². The first-order chi connectivity index (χ1) is 10.8. The van der Waals surface area contributed by atoms with Gasteiger partial charge in [0.25, 0.3) is 0 Å². The fraction of sp³-hybridized carbons (Fsp3) is 0.150.